The van der Waals surface area contributed by atoms with Crippen molar-refractivity contribution in [3.63, 3.8) is 0 Å². The molecule has 5 heteroatoms. The monoisotopic (exact) mass is 295 g/mol. The molecule has 1 aliphatic heterocycles. The maximum absolute atomic E-state index is 13.6. The van der Waals surface area contributed by atoms with Crippen LogP contribution in [0.15, 0.2) is 18.2 Å². The second-order valence-electron chi connectivity index (χ2n) is 5.33. The van der Waals surface area contributed by atoms with E-state index in [-0.39, 0.29) is 17.7 Å². The van der Waals surface area contributed by atoms with Crippen molar-refractivity contribution < 1.29 is 18.7 Å². The molecule has 1 aliphatic rings. The Labute approximate surface area is 124 Å². The maximum atomic E-state index is 13.6. The van der Waals surface area contributed by atoms with Crippen molar-refractivity contribution in [2.24, 2.45) is 0 Å². The summed E-state index contributed by atoms with van der Waals surface area (Å²) in [4.78, 5) is 11.5. The first-order valence-corrected chi connectivity index (χ1v) is 7.40. The van der Waals surface area contributed by atoms with E-state index in [9.17, 15) is 9.18 Å². The molecule has 1 aromatic carbocycles. The van der Waals surface area contributed by atoms with Crippen LogP contribution in [-0.2, 0) is 9.47 Å². The minimum Gasteiger partial charge on any atom is -0.465 e. The number of anilines is 1. The van der Waals surface area contributed by atoms with Crippen LogP contribution in [-0.4, -0.2) is 31.8 Å². The zero-order chi connectivity index (χ0) is 15.2. The van der Waals surface area contributed by atoms with Gasteiger partial charge in [0.05, 0.1) is 18.8 Å². The third-order valence-electron chi connectivity index (χ3n) is 3.72. The fourth-order valence-electron chi connectivity index (χ4n) is 2.65. The number of esters is 1. The number of carbonyl (C=O) groups excluding carboxylic acids is 1. The average Bonchev–Trinajstić information content (AvgIpc) is 2.49. The quantitative estimate of drug-likeness (QED) is 0.846. The van der Waals surface area contributed by atoms with Gasteiger partial charge in [-0.2, -0.15) is 0 Å². The Morgan fingerprint density at radius 2 is 2.33 bits per heavy atom. The summed E-state index contributed by atoms with van der Waals surface area (Å²) in [6, 6.07) is 4.72. The third kappa shape index (κ3) is 4.17. The van der Waals surface area contributed by atoms with Gasteiger partial charge >= 0.3 is 5.97 Å². The number of hydrogen-bond donors (Lipinski definition) is 1. The summed E-state index contributed by atoms with van der Waals surface area (Å²) in [6.45, 7) is 2.87. The lowest BCUT2D eigenvalue weighted by Gasteiger charge is -2.30. The van der Waals surface area contributed by atoms with Crippen LogP contribution in [0.25, 0.3) is 0 Å². The molecule has 0 aromatic heterocycles. The molecule has 0 radical (unpaired) electrons. The zero-order valence-corrected chi connectivity index (χ0v) is 12.5. The first-order valence-electron chi connectivity index (χ1n) is 7.40. The van der Waals surface area contributed by atoms with Crippen LogP contribution in [0.5, 0.6) is 0 Å². The molecule has 21 heavy (non-hydrogen) atoms. The lowest BCUT2D eigenvalue weighted by Crippen LogP contribution is -2.34. The summed E-state index contributed by atoms with van der Waals surface area (Å²) in [5.74, 6) is -1.23. The van der Waals surface area contributed by atoms with E-state index >= 15 is 0 Å². The smallest absolute Gasteiger partial charge is 0.340 e. The number of rotatable bonds is 5. The van der Waals surface area contributed by atoms with Crippen LogP contribution in [0, 0.1) is 5.82 Å². The summed E-state index contributed by atoms with van der Waals surface area (Å²) in [7, 11) is 1.25. The molecule has 2 atom stereocenters. The molecule has 0 aliphatic carbocycles. The summed E-state index contributed by atoms with van der Waals surface area (Å²) < 4.78 is 23.9. The lowest BCUT2D eigenvalue weighted by atomic mass is 9.99. The van der Waals surface area contributed by atoms with Gasteiger partial charge in [0.25, 0.3) is 0 Å². The molecule has 4 nitrogen and oxygen atoms in total. The van der Waals surface area contributed by atoms with Crippen molar-refractivity contribution in [1.29, 1.82) is 0 Å². The number of nitrogens with one attached hydrogen (secondary N) is 1. The number of carbonyl (C=O) groups is 1. The summed E-state index contributed by atoms with van der Waals surface area (Å²) in [5.41, 5.74) is 0.693. The SMILES string of the molecule is CCCC1CC(Nc2ccc(F)c(C(=O)OC)c2)CCO1. The largest absolute Gasteiger partial charge is 0.465 e. The van der Waals surface area contributed by atoms with Gasteiger partial charge in [0.15, 0.2) is 0 Å². The van der Waals surface area contributed by atoms with E-state index in [0.717, 1.165) is 38.0 Å². The molecule has 1 fully saturated rings. The molecule has 2 unspecified atom stereocenters. The van der Waals surface area contributed by atoms with Crippen molar-refractivity contribution in [3.8, 4) is 0 Å². The Balaban J connectivity index is 2.04. The minimum absolute atomic E-state index is 0.0420. The Hall–Kier alpha value is -1.62. The predicted octanol–water partition coefficient (Wildman–Crippen LogP) is 3.37. The average molecular weight is 295 g/mol. The van der Waals surface area contributed by atoms with E-state index in [1.54, 1.807) is 6.07 Å². The molecule has 0 amide bonds. The molecule has 0 saturated carbocycles. The van der Waals surface area contributed by atoms with Crippen molar-refractivity contribution in [1.82, 2.24) is 0 Å². The number of benzene rings is 1. The fraction of sp³-hybridized carbons (Fsp3) is 0.562. The Morgan fingerprint density at radius 3 is 3.05 bits per heavy atom. The molecule has 2 rings (SSSR count). The topological polar surface area (TPSA) is 47.6 Å². The molecule has 116 valence electrons. The first-order chi connectivity index (χ1) is 10.1. The van der Waals surface area contributed by atoms with Gasteiger partial charge in [-0.25, -0.2) is 9.18 Å². The minimum atomic E-state index is -0.660. The van der Waals surface area contributed by atoms with Crippen LogP contribution in [0.4, 0.5) is 10.1 Å². The number of halogens is 1. The van der Waals surface area contributed by atoms with Crippen molar-refractivity contribution in [2.45, 2.75) is 44.8 Å². The molecular weight excluding hydrogens is 273 g/mol. The van der Waals surface area contributed by atoms with Gasteiger partial charge in [0, 0.05) is 18.3 Å². The fourth-order valence-corrected chi connectivity index (χ4v) is 2.65. The number of hydrogen-bond acceptors (Lipinski definition) is 4. The third-order valence-corrected chi connectivity index (χ3v) is 3.72. The van der Waals surface area contributed by atoms with E-state index in [0.29, 0.717) is 0 Å². The highest BCUT2D eigenvalue weighted by Gasteiger charge is 2.22. The van der Waals surface area contributed by atoms with E-state index < -0.39 is 11.8 Å². The Kier molecular flexibility index (Phi) is 5.56. The number of methoxy groups -OCH3 is 1. The summed E-state index contributed by atoms with van der Waals surface area (Å²) in [5, 5.41) is 3.36. The molecule has 1 N–H and O–H groups in total. The Morgan fingerprint density at radius 1 is 1.52 bits per heavy atom. The molecule has 1 aromatic rings. The van der Waals surface area contributed by atoms with Crippen molar-refractivity contribution in [2.75, 3.05) is 19.0 Å². The molecule has 0 bridgehead atoms. The maximum Gasteiger partial charge on any atom is 0.340 e. The predicted molar refractivity (Wildman–Crippen MR) is 79.0 cm³/mol. The van der Waals surface area contributed by atoms with Gasteiger partial charge in [-0.05, 0) is 37.5 Å². The highest BCUT2D eigenvalue weighted by atomic mass is 19.1. The van der Waals surface area contributed by atoms with E-state index in [4.69, 9.17) is 4.74 Å². The van der Waals surface area contributed by atoms with E-state index in [1.807, 2.05) is 0 Å². The Bertz CT molecular complexity index is 490. The molecule has 0 spiro atoms. The van der Waals surface area contributed by atoms with Gasteiger partial charge in [-0.1, -0.05) is 13.3 Å². The van der Waals surface area contributed by atoms with E-state index in [2.05, 4.69) is 17.0 Å². The van der Waals surface area contributed by atoms with Crippen molar-refractivity contribution in [3.05, 3.63) is 29.6 Å². The van der Waals surface area contributed by atoms with Gasteiger partial charge < -0.3 is 14.8 Å². The first kappa shape index (κ1) is 15.8. The molecular formula is C16H22FNO3. The van der Waals surface area contributed by atoms with Gasteiger partial charge in [0.1, 0.15) is 5.82 Å². The summed E-state index contributed by atoms with van der Waals surface area (Å²) in [6.07, 6.45) is 4.26. The van der Waals surface area contributed by atoms with Gasteiger partial charge in [0.2, 0.25) is 0 Å². The van der Waals surface area contributed by atoms with Crippen LogP contribution >= 0.6 is 0 Å². The lowest BCUT2D eigenvalue weighted by molar-refractivity contribution is 0.00597. The highest BCUT2D eigenvalue weighted by molar-refractivity contribution is 5.90. The van der Waals surface area contributed by atoms with Crippen LogP contribution in [0.1, 0.15) is 43.0 Å². The standard InChI is InChI=1S/C16H22FNO3/c1-3-4-13-9-12(7-8-21-13)18-11-5-6-15(17)14(10-11)16(19)20-2/h5-6,10,12-13,18H,3-4,7-9H2,1-2H3. The second-order valence-corrected chi connectivity index (χ2v) is 5.33. The van der Waals surface area contributed by atoms with E-state index in [1.165, 1.54) is 19.2 Å². The van der Waals surface area contributed by atoms with Crippen LogP contribution in [0.2, 0.25) is 0 Å². The molecule has 1 heterocycles. The van der Waals surface area contributed by atoms with Crippen molar-refractivity contribution >= 4 is 11.7 Å². The number of ether oxygens (including phenoxy) is 2. The van der Waals surface area contributed by atoms with Crippen LogP contribution < -0.4 is 5.32 Å². The summed E-state index contributed by atoms with van der Waals surface area (Å²) >= 11 is 0. The van der Waals surface area contributed by atoms with Gasteiger partial charge in [-0.3, -0.25) is 0 Å². The zero-order valence-electron chi connectivity index (χ0n) is 12.5. The van der Waals surface area contributed by atoms with Gasteiger partial charge in [-0.15, -0.1) is 0 Å². The normalized spacial score (nSPS) is 21.9. The molecule has 1 saturated heterocycles. The second kappa shape index (κ2) is 7.41. The highest BCUT2D eigenvalue weighted by Crippen LogP contribution is 2.23. The van der Waals surface area contributed by atoms with Crippen LogP contribution in [0.3, 0.4) is 0 Å².